The molecule has 1 aliphatic rings. The van der Waals surface area contributed by atoms with Crippen molar-refractivity contribution < 1.29 is 23.8 Å². The molecule has 0 saturated heterocycles. The fourth-order valence-electron chi connectivity index (χ4n) is 3.07. The average molecular weight is 343 g/mol. The molecule has 0 aromatic carbocycles. The van der Waals surface area contributed by atoms with Crippen LogP contribution in [0, 0.1) is 11.8 Å². The van der Waals surface area contributed by atoms with Gasteiger partial charge in [0.2, 0.25) is 0 Å². The van der Waals surface area contributed by atoms with Crippen molar-refractivity contribution in [3.8, 4) is 0 Å². The first-order chi connectivity index (χ1) is 11.6. The summed E-state index contributed by atoms with van der Waals surface area (Å²) >= 11 is 0. The highest BCUT2D eigenvalue weighted by molar-refractivity contribution is 5.82. The molecule has 6 nitrogen and oxygen atoms in total. The van der Waals surface area contributed by atoms with Crippen LogP contribution in [-0.4, -0.2) is 52.0 Å². The molecule has 0 heterocycles. The maximum atomic E-state index is 12.0. The zero-order chi connectivity index (χ0) is 17.8. The number of methoxy groups -OCH3 is 2. The maximum Gasteiger partial charge on any atom is 0.323 e. The number of esters is 2. The van der Waals surface area contributed by atoms with Crippen molar-refractivity contribution in [2.24, 2.45) is 11.8 Å². The SMILES string of the molecule is CCCCNC(CC(=O)OCC1CCC(COC)CC1)C(=O)OC. The monoisotopic (exact) mass is 343 g/mol. The number of nitrogens with one attached hydrogen (secondary N) is 1. The molecule has 1 aliphatic carbocycles. The molecular weight excluding hydrogens is 310 g/mol. The molecule has 1 rings (SSSR count). The number of hydrogen-bond acceptors (Lipinski definition) is 6. The van der Waals surface area contributed by atoms with E-state index in [0.717, 1.165) is 45.1 Å². The number of rotatable bonds is 11. The van der Waals surface area contributed by atoms with Crippen molar-refractivity contribution in [3.05, 3.63) is 0 Å². The van der Waals surface area contributed by atoms with Crippen LogP contribution in [0.3, 0.4) is 0 Å². The molecule has 1 atom stereocenters. The lowest BCUT2D eigenvalue weighted by Gasteiger charge is -2.27. The third-order valence-corrected chi connectivity index (χ3v) is 4.63. The van der Waals surface area contributed by atoms with Crippen LogP contribution in [0.4, 0.5) is 0 Å². The fraction of sp³-hybridized carbons (Fsp3) is 0.889. The van der Waals surface area contributed by atoms with Gasteiger partial charge in [-0.05, 0) is 50.5 Å². The lowest BCUT2D eigenvalue weighted by atomic mass is 9.83. The van der Waals surface area contributed by atoms with E-state index in [-0.39, 0.29) is 12.4 Å². The molecule has 140 valence electrons. The summed E-state index contributed by atoms with van der Waals surface area (Å²) in [5, 5.41) is 3.07. The topological polar surface area (TPSA) is 73.9 Å². The molecule has 1 unspecified atom stereocenters. The Kier molecular flexibility index (Phi) is 10.7. The van der Waals surface area contributed by atoms with Gasteiger partial charge in [0.1, 0.15) is 6.04 Å². The third kappa shape index (κ3) is 8.11. The second kappa shape index (κ2) is 12.3. The summed E-state index contributed by atoms with van der Waals surface area (Å²) in [5.74, 6) is 0.302. The maximum absolute atomic E-state index is 12.0. The largest absolute Gasteiger partial charge is 0.468 e. The molecule has 0 amide bonds. The normalized spacial score (nSPS) is 22.0. The minimum absolute atomic E-state index is 0.0232. The van der Waals surface area contributed by atoms with Crippen LogP contribution < -0.4 is 5.32 Å². The van der Waals surface area contributed by atoms with Gasteiger partial charge in [-0.3, -0.25) is 9.59 Å². The van der Waals surface area contributed by atoms with E-state index in [1.165, 1.54) is 7.11 Å². The van der Waals surface area contributed by atoms with E-state index < -0.39 is 12.0 Å². The molecule has 0 spiro atoms. The second-order valence-corrected chi connectivity index (χ2v) is 6.61. The van der Waals surface area contributed by atoms with Gasteiger partial charge in [-0.1, -0.05) is 13.3 Å². The molecule has 0 bridgehead atoms. The van der Waals surface area contributed by atoms with Crippen molar-refractivity contribution >= 4 is 11.9 Å². The Balaban J connectivity index is 2.28. The molecule has 24 heavy (non-hydrogen) atoms. The summed E-state index contributed by atoms with van der Waals surface area (Å²) in [6.45, 7) is 4.02. The molecular formula is C18H33NO5. The molecule has 1 fully saturated rings. The second-order valence-electron chi connectivity index (χ2n) is 6.61. The van der Waals surface area contributed by atoms with E-state index in [4.69, 9.17) is 14.2 Å². The predicted molar refractivity (Wildman–Crippen MR) is 91.6 cm³/mol. The van der Waals surface area contributed by atoms with E-state index in [1.807, 2.05) is 0 Å². The summed E-state index contributed by atoms with van der Waals surface area (Å²) in [7, 11) is 3.07. The van der Waals surface area contributed by atoms with Crippen LogP contribution in [0.5, 0.6) is 0 Å². The average Bonchev–Trinajstić information content (AvgIpc) is 2.60. The highest BCUT2D eigenvalue weighted by Gasteiger charge is 2.25. The minimum Gasteiger partial charge on any atom is -0.468 e. The van der Waals surface area contributed by atoms with E-state index in [0.29, 0.717) is 25.0 Å². The molecule has 0 aromatic heterocycles. The number of carbonyl (C=O) groups excluding carboxylic acids is 2. The predicted octanol–water partition coefficient (Wildman–Crippen LogP) is 2.30. The minimum atomic E-state index is -0.619. The van der Waals surface area contributed by atoms with Crippen molar-refractivity contribution in [1.82, 2.24) is 5.32 Å². The zero-order valence-electron chi connectivity index (χ0n) is 15.3. The van der Waals surface area contributed by atoms with E-state index in [2.05, 4.69) is 12.2 Å². The van der Waals surface area contributed by atoms with Crippen LogP contribution in [0.1, 0.15) is 51.9 Å². The Bertz CT molecular complexity index is 366. The standard InChI is InChI=1S/C18H33NO5/c1-4-5-10-19-16(18(21)23-3)11-17(20)24-13-15-8-6-14(7-9-15)12-22-2/h14-16,19H,4-13H2,1-3H3. The zero-order valence-corrected chi connectivity index (χ0v) is 15.3. The Labute approximate surface area is 145 Å². The Morgan fingerprint density at radius 3 is 2.25 bits per heavy atom. The first-order valence-electron chi connectivity index (χ1n) is 9.06. The van der Waals surface area contributed by atoms with E-state index >= 15 is 0 Å². The first-order valence-corrected chi connectivity index (χ1v) is 9.06. The van der Waals surface area contributed by atoms with Crippen LogP contribution in [0.2, 0.25) is 0 Å². The molecule has 1 saturated carbocycles. The summed E-state index contributed by atoms with van der Waals surface area (Å²) in [4.78, 5) is 23.8. The summed E-state index contributed by atoms with van der Waals surface area (Å²) in [6, 6.07) is -0.619. The van der Waals surface area contributed by atoms with Crippen LogP contribution in [0.25, 0.3) is 0 Å². The van der Waals surface area contributed by atoms with Crippen LogP contribution >= 0.6 is 0 Å². The van der Waals surface area contributed by atoms with Gasteiger partial charge >= 0.3 is 11.9 Å². The lowest BCUT2D eigenvalue weighted by molar-refractivity contribution is -0.152. The number of carbonyl (C=O) groups is 2. The van der Waals surface area contributed by atoms with E-state index in [9.17, 15) is 9.59 Å². The fourth-order valence-corrected chi connectivity index (χ4v) is 3.07. The number of ether oxygens (including phenoxy) is 3. The van der Waals surface area contributed by atoms with Crippen LogP contribution in [-0.2, 0) is 23.8 Å². The van der Waals surface area contributed by atoms with E-state index in [1.54, 1.807) is 7.11 Å². The van der Waals surface area contributed by atoms with Gasteiger partial charge in [0.25, 0.3) is 0 Å². The van der Waals surface area contributed by atoms with Crippen LogP contribution in [0.15, 0.2) is 0 Å². The van der Waals surface area contributed by atoms with Gasteiger partial charge in [-0.15, -0.1) is 0 Å². The van der Waals surface area contributed by atoms with Gasteiger partial charge in [0.05, 0.1) is 20.1 Å². The van der Waals surface area contributed by atoms with Gasteiger partial charge in [-0.25, -0.2) is 0 Å². The van der Waals surface area contributed by atoms with Gasteiger partial charge < -0.3 is 19.5 Å². The lowest BCUT2D eigenvalue weighted by Crippen LogP contribution is -2.40. The Hall–Kier alpha value is -1.14. The summed E-state index contributed by atoms with van der Waals surface area (Å²) in [6.07, 6.45) is 6.38. The molecule has 1 N–H and O–H groups in total. The highest BCUT2D eigenvalue weighted by atomic mass is 16.5. The molecule has 0 aromatic rings. The number of unbranched alkanes of at least 4 members (excludes halogenated alkanes) is 1. The van der Waals surface area contributed by atoms with Gasteiger partial charge in [-0.2, -0.15) is 0 Å². The van der Waals surface area contributed by atoms with Crippen molar-refractivity contribution in [1.29, 1.82) is 0 Å². The molecule has 0 radical (unpaired) electrons. The third-order valence-electron chi connectivity index (χ3n) is 4.63. The highest BCUT2D eigenvalue weighted by Crippen LogP contribution is 2.29. The van der Waals surface area contributed by atoms with Crippen molar-refractivity contribution in [3.63, 3.8) is 0 Å². The smallest absolute Gasteiger partial charge is 0.323 e. The number of hydrogen-bond donors (Lipinski definition) is 1. The van der Waals surface area contributed by atoms with Crippen molar-refractivity contribution in [2.45, 2.75) is 57.9 Å². The van der Waals surface area contributed by atoms with Gasteiger partial charge in [0.15, 0.2) is 0 Å². The van der Waals surface area contributed by atoms with Crippen molar-refractivity contribution in [2.75, 3.05) is 34.0 Å². The molecule has 0 aliphatic heterocycles. The summed E-state index contributed by atoms with van der Waals surface area (Å²) < 4.78 is 15.3. The Morgan fingerprint density at radius 1 is 1.08 bits per heavy atom. The van der Waals surface area contributed by atoms with Gasteiger partial charge in [0, 0.05) is 13.7 Å². The quantitative estimate of drug-likeness (QED) is 0.458. The first kappa shape index (κ1) is 20.9. The Morgan fingerprint density at radius 2 is 1.71 bits per heavy atom. The summed E-state index contributed by atoms with van der Waals surface area (Å²) in [5.41, 5.74) is 0. The molecule has 6 heteroatoms.